The molecule has 0 saturated heterocycles. The van der Waals surface area contributed by atoms with Crippen LogP contribution in [-0.2, 0) is 9.05 Å². The molecule has 15 heavy (non-hydrogen) atoms. The lowest BCUT2D eigenvalue weighted by atomic mass is 10.3. The maximum absolute atomic E-state index is 11.1. The Labute approximate surface area is 99.7 Å². The fourth-order valence-corrected chi connectivity index (χ4v) is 2.71. The molecule has 0 radical (unpaired) electrons. The summed E-state index contributed by atoms with van der Waals surface area (Å²) in [6, 6.07) is 2.73. The average Bonchev–Trinajstić information content (AvgIpc) is 2.16. The fraction of sp³-hybridized carbons (Fsp3) is 0.250. The van der Waals surface area contributed by atoms with Gasteiger partial charge in [-0.3, -0.25) is 0 Å². The highest BCUT2D eigenvalue weighted by molar-refractivity contribution is 9.10. The molecule has 0 bridgehead atoms. The largest absolute Gasteiger partial charge is 0.486 e. The zero-order valence-corrected chi connectivity index (χ0v) is 10.5. The topological polar surface area (TPSA) is 52.6 Å². The van der Waals surface area contributed by atoms with E-state index in [1.165, 1.54) is 12.1 Å². The van der Waals surface area contributed by atoms with Crippen molar-refractivity contribution in [3.05, 3.63) is 16.6 Å². The molecule has 0 atom stereocenters. The van der Waals surface area contributed by atoms with Crippen molar-refractivity contribution in [3.63, 3.8) is 0 Å². The monoisotopic (exact) mass is 312 g/mol. The molecule has 1 aromatic carbocycles. The van der Waals surface area contributed by atoms with Crippen molar-refractivity contribution in [2.75, 3.05) is 13.2 Å². The van der Waals surface area contributed by atoms with Crippen LogP contribution in [0, 0.1) is 0 Å². The van der Waals surface area contributed by atoms with E-state index >= 15 is 0 Å². The van der Waals surface area contributed by atoms with Gasteiger partial charge < -0.3 is 9.47 Å². The highest BCUT2D eigenvalue weighted by Crippen LogP contribution is 2.40. The average molecular weight is 314 g/mol. The van der Waals surface area contributed by atoms with Gasteiger partial charge in [0.1, 0.15) is 13.2 Å². The molecule has 2 rings (SSSR count). The van der Waals surface area contributed by atoms with Crippen molar-refractivity contribution < 1.29 is 17.9 Å². The van der Waals surface area contributed by atoms with Gasteiger partial charge in [-0.25, -0.2) is 8.42 Å². The highest BCUT2D eigenvalue weighted by Gasteiger charge is 2.20. The SMILES string of the molecule is O=S(=O)(Cl)c1cc(Br)c2c(c1)OCCO2. The minimum absolute atomic E-state index is 0.0136. The zero-order chi connectivity index (χ0) is 11.1. The molecule has 0 saturated carbocycles. The van der Waals surface area contributed by atoms with Gasteiger partial charge in [0.05, 0.1) is 9.37 Å². The fourth-order valence-electron chi connectivity index (χ4n) is 1.23. The van der Waals surface area contributed by atoms with Gasteiger partial charge >= 0.3 is 0 Å². The number of ether oxygens (including phenoxy) is 2. The Kier molecular flexibility index (Phi) is 2.83. The van der Waals surface area contributed by atoms with Crippen molar-refractivity contribution in [2.45, 2.75) is 4.90 Å². The van der Waals surface area contributed by atoms with Crippen molar-refractivity contribution in [1.82, 2.24) is 0 Å². The number of hydrogen-bond donors (Lipinski definition) is 0. The highest BCUT2D eigenvalue weighted by atomic mass is 79.9. The first-order valence-corrected chi connectivity index (χ1v) is 7.12. The number of hydrogen-bond acceptors (Lipinski definition) is 4. The van der Waals surface area contributed by atoms with E-state index in [-0.39, 0.29) is 4.90 Å². The van der Waals surface area contributed by atoms with Gasteiger partial charge in [-0.05, 0) is 22.0 Å². The number of halogens is 2. The second-order valence-corrected chi connectivity index (χ2v) is 6.29. The van der Waals surface area contributed by atoms with E-state index < -0.39 is 9.05 Å². The molecule has 1 aliphatic rings. The number of benzene rings is 1. The first-order valence-electron chi connectivity index (χ1n) is 4.02. The van der Waals surface area contributed by atoms with Gasteiger partial charge in [0.2, 0.25) is 0 Å². The molecule has 0 spiro atoms. The minimum atomic E-state index is -3.75. The minimum Gasteiger partial charge on any atom is -0.486 e. The van der Waals surface area contributed by atoms with E-state index in [2.05, 4.69) is 15.9 Å². The van der Waals surface area contributed by atoms with Crippen molar-refractivity contribution in [2.24, 2.45) is 0 Å². The maximum atomic E-state index is 11.1. The second kappa shape index (κ2) is 3.84. The summed E-state index contributed by atoms with van der Waals surface area (Å²) in [5.74, 6) is 0.889. The van der Waals surface area contributed by atoms with E-state index in [0.29, 0.717) is 29.2 Å². The van der Waals surface area contributed by atoms with Crippen LogP contribution < -0.4 is 9.47 Å². The molecular formula is C8H6BrClO4S. The van der Waals surface area contributed by atoms with Gasteiger partial charge in [0.25, 0.3) is 9.05 Å². The summed E-state index contributed by atoms with van der Waals surface area (Å²) in [7, 11) is 1.48. The van der Waals surface area contributed by atoms with E-state index in [1.54, 1.807) is 0 Å². The predicted octanol–water partition coefficient (Wildman–Crippen LogP) is 2.15. The molecule has 82 valence electrons. The maximum Gasteiger partial charge on any atom is 0.261 e. The van der Waals surface area contributed by atoms with Gasteiger partial charge in [-0.15, -0.1) is 0 Å². The third-order valence-corrected chi connectivity index (χ3v) is 3.77. The summed E-state index contributed by atoms with van der Waals surface area (Å²) >= 11 is 3.20. The summed E-state index contributed by atoms with van der Waals surface area (Å²) in [5.41, 5.74) is 0. The third kappa shape index (κ3) is 2.21. The van der Waals surface area contributed by atoms with Crippen molar-refractivity contribution in [1.29, 1.82) is 0 Å². The van der Waals surface area contributed by atoms with E-state index in [0.717, 1.165) is 0 Å². The van der Waals surface area contributed by atoms with Crippen LogP contribution in [0.15, 0.2) is 21.5 Å². The van der Waals surface area contributed by atoms with Crippen LogP contribution in [0.25, 0.3) is 0 Å². The van der Waals surface area contributed by atoms with Gasteiger partial charge in [-0.2, -0.15) is 0 Å². The number of fused-ring (bicyclic) bond motifs is 1. The lowest BCUT2D eigenvalue weighted by molar-refractivity contribution is 0.170. The normalized spacial score (nSPS) is 15.1. The van der Waals surface area contributed by atoms with E-state index in [4.69, 9.17) is 20.2 Å². The van der Waals surface area contributed by atoms with E-state index in [1.807, 2.05) is 0 Å². The lowest BCUT2D eigenvalue weighted by Crippen LogP contribution is -2.16. The number of rotatable bonds is 1. The van der Waals surface area contributed by atoms with E-state index in [9.17, 15) is 8.42 Å². The first kappa shape index (κ1) is 11.0. The van der Waals surface area contributed by atoms with Crippen LogP contribution in [0.4, 0.5) is 0 Å². The summed E-state index contributed by atoms with van der Waals surface area (Å²) in [6.07, 6.45) is 0. The van der Waals surface area contributed by atoms with Gasteiger partial charge in [0, 0.05) is 16.7 Å². The van der Waals surface area contributed by atoms with Crippen LogP contribution >= 0.6 is 26.6 Å². The van der Waals surface area contributed by atoms with Crippen LogP contribution in [-0.4, -0.2) is 21.6 Å². The molecular weight excluding hydrogens is 308 g/mol. The lowest BCUT2D eigenvalue weighted by Gasteiger charge is -2.19. The molecule has 1 aromatic rings. The van der Waals surface area contributed by atoms with Crippen LogP contribution in [0.1, 0.15) is 0 Å². The Hall–Kier alpha value is -0.460. The van der Waals surface area contributed by atoms with Crippen LogP contribution in [0.2, 0.25) is 0 Å². The molecule has 0 fully saturated rings. The smallest absolute Gasteiger partial charge is 0.261 e. The van der Waals surface area contributed by atoms with Crippen LogP contribution in [0.3, 0.4) is 0 Å². The summed E-state index contributed by atoms with van der Waals surface area (Å²) in [4.78, 5) is -0.0136. The molecule has 0 amide bonds. The Balaban J connectivity index is 2.60. The standard InChI is InChI=1S/C8H6BrClO4S/c9-6-3-5(15(10,11)12)4-7-8(6)14-2-1-13-7/h3-4H,1-2H2. The summed E-state index contributed by atoms with van der Waals surface area (Å²) in [6.45, 7) is 0.837. The Morgan fingerprint density at radius 2 is 1.93 bits per heavy atom. The van der Waals surface area contributed by atoms with Gasteiger partial charge in [0.15, 0.2) is 11.5 Å². The third-order valence-electron chi connectivity index (χ3n) is 1.85. The Bertz CT molecular complexity index is 500. The molecule has 7 heteroatoms. The summed E-state index contributed by atoms with van der Waals surface area (Å²) in [5, 5.41) is 0. The summed E-state index contributed by atoms with van der Waals surface area (Å²) < 4.78 is 33.3. The molecule has 0 N–H and O–H groups in total. The Morgan fingerprint density at radius 3 is 2.60 bits per heavy atom. The molecule has 1 aliphatic heterocycles. The zero-order valence-electron chi connectivity index (χ0n) is 7.37. The quantitative estimate of drug-likeness (QED) is 0.746. The molecule has 0 aromatic heterocycles. The molecule has 1 heterocycles. The molecule has 0 unspecified atom stereocenters. The molecule has 4 nitrogen and oxygen atoms in total. The second-order valence-electron chi connectivity index (χ2n) is 2.87. The van der Waals surface area contributed by atoms with Crippen LogP contribution in [0.5, 0.6) is 11.5 Å². The Morgan fingerprint density at radius 1 is 1.27 bits per heavy atom. The van der Waals surface area contributed by atoms with Crippen molar-refractivity contribution in [3.8, 4) is 11.5 Å². The van der Waals surface area contributed by atoms with Crippen molar-refractivity contribution >= 4 is 35.7 Å². The first-order chi connectivity index (χ1) is 6.98. The van der Waals surface area contributed by atoms with Gasteiger partial charge in [-0.1, -0.05) is 0 Å². The molecule has 0 aliphatic carbocycles. The predicted molar refractivity (Wildman–Crippen MR) is 58.2 cm³/mol.